The van der Waals surface area contributed by atoms with Crippen LogP contribution in [-0.2, 0) is 0 Å². The number of ether oxygens (including phenoxy) is 2. The second-order valence-corrected chi connectivity index (χ2v) is 4.25. The SMILES string of the molecule is CC(N)C(O)(Oc1ccccc1)Oc1ccccc1. The van der Waals surface area contributed by atoms with Crippen molar-refractivity contribution in [3.63, 3.8) is 0 Å². The molecule has 0 radical (unpaired) electrons. The normalized spacial score (nSPS) is 12.8. The van der Waals surface area contributed by atoms with Gasteiger partial charge in [-0.25, -0.2) is 0 Å². The number of benzene rings is 2. The van der Waals surface area contributed by atoms with E-state index in [4.69, 9.17) is 15.2 Å². The Morgan fingerprint density at radius 2 is 1.26 bits per heavy atom. The molecule has 1 unspecified atom stereocenters. The molecule has 2 aromatic carbocycles. The Balaban J connectivity index is 2.18. The molecule has 100 valence electrons. The predicted octanol–water partition coefficient (Wildman–Crippen LogP) is 2.14. The van der Waals surface area contributed by atoms with Crippen molar-refractivity contribution < 1.29 is 14.6 Å². The summed E-state index contributed by atoms with van der Waals surface area (Å²) >= 11 is 0. The molecule has 2 aromatic rings. The van der Waals surface area contributed by atoms with E-state index < -0.39 is 12.0 Å². The molecular weight excluding hydrogens is 242 g/mol. The van der Waals surface area contributed by atoms with Gasteiger partial charge in [0.15, 0.2) is 0 Å². The zero-order valence-corrected chi connectivity index (χ0v) is 10.7. The van der Waals surface area contributed by atoms with E-state index in [9.17, 15) is 5.11 Å². The minimum atomic E-state index is -1.91. The van der Waals surface area contributed by atoms with Crippen molar-refractivity contribution in [1.29, 1.82) is 0 Å². The van der Waals surface area contributed by atoms with Crippen molar-refractivity contribution in [3.05, 3.63) is 60.7 Å². The molecule has 3 N–H and O–H groups in total. The van der Waals surface area contributed by atoms with Crippen LogP contribution in [0, 0.1) is 0 Å². The molecule has 0 fully saturated rings. The first-order valence-corrected chi connectivity index (χ1v) is 6.06. The Labute approximate surface area is 112 Å². The molecule has 0 aromatic heterocycles. The van der Waals surface area contributed by atoms with Gasteiger partial charge in [-0.3, -0.25) is 0 Å². The summed E-state index contributed by atoms with van der Waals surface area (Å²) in [6.07, 6.45) is 0. The van der Waals surface area contributed by atoms with E-state index in [1.165, 1.54) is 0 Å². The van der Waals surface area contributed by atoms with Crippen molar-refractivity contribution in [2.24, 2.45) is 5.73 Å². The molecule has 0 aliphatic heterocycles. The minimum absolute atomic E-state index is 0.484. The highest BCUT2D eigenvalue weighted by Gasteiger charge is 2.37. The summed E-state index contributed by atoms with van der Waals surface area (Å²) in [6, 6.07) is 17.1. The third-order valence-electron chi connectivity index (χ3n) is 2.59. The highest BCUT2D eigenvalue weighted by molar-refractivity contribution is 5.24. The van der Waals surface area contributed by atoms with Gasteiger partial charge in [-0.2, -0.15) is 0 Å². The number of hydrogen-bond donors (Lipinski definition) is 2. The van der Waals surface area contributed by atoms with Gasteiger partial charge in [-0.1, -0.05) is 36.4 Å². The lowest BCUT2D eigenvalue weighted by Gasteiger charge is -2.31. The quantitative estimate of drug-likeness (QED) is 0.807. The van der Waals surface area contributed by atoms with Crippen LogP contribution in [0.2, 0.25) is 0 Å². The maximum Gasteiger partial charge on any atom is 0.385 e. The van der Waals surface area contributed by atoms with Gasteiger partial charge in [0.25, 0.3) is 0 Å². The van der Waals surface area contributed by atoms with Crippen LogP contribution in [0.3, 0.4) is 0 Å². The second-order valence-electron chi connectivity index (χ2n) is 4.25. The van der Waals surface area contributed by atoms with E-state index in [0.29, 0.717) is 11.5 Å². The van der Waals surface area contributed by atoms with Crippen LogP contribution >= 0.6 is 0 Å². The molecule has 0 saturated heterocycles. The predicted molar refractivity (Wildman–Crippen MR) is 72.7 cm³/mol. The lowest BCUT2D eigenvalue weighted by atomic mass is 10.3. The zero-order chi connectivity index (χ0) is 13.7. The third kappa shape index (κ3) is 3.47. The maximum absolute atomic E-state index is 10.4. The molecule has 0 bridgehead atoms. The Bertz CT molecular complexity index is 458. The summed E-state index contributed by atoms with van der Waals surface area (Å²) in [5.41, 5.74) is 5.77. The average Bonchev–Trinajstić information content (AvgIpc) is 2.40. The summed E-state index contributed by atoms with van der Waals surface area (Å²) in [6.45, 7) is 1.62. The van der Waals surface area contributed by atoms with Gasteiger partial charge in [0.1, 0.15) is 17.5 Å². The van der Waals surface area contributed by atoms with Gasteiger partial charge < -0.3 is 20.3 Å². The summed E-state index contributed by atoms with van der Waals surface area (Å²) in [5, 5.41) is 10.4. The largest absolute Gasteiger partial charge is 0.429 e. The molecule has 0 aliphatic carbocycles. The standard InChI is InChI=1S/C15H17NO3/c1-12(16)15(17,18-13-8-4-2-5-9-13)19-14-10-6-3-7-11-14/h2-12,17H,16H2,1H3. The van der Waals surface area contributed by atoms with Gasteiger partial charge >= 0.3 is 5.97 Å². The van der Waals surface area contributed by atoms with Crippen molar-refractivity contribution in [1.82, 2.24) is 0 Å². The lowest BCUT2D eigenvalue weighted by molar-refractivity contribution is -0.282. The van der Waals surface area contributed by atoms with E-state index >= 15 is 0 Å². The van der Waals surface area contributed by atoms with Gasteiger partial charge in [-0.15, -0.1) is 0 Å². The Kier molecular flexibility index (Phi) is 4.04. The molecule has 4 nitrogen and oxygen atoms in total. The van der Waals surface area contributed by atoms with Crippen molar-refractivity contribution in [3.8, 4) is 11.5 Å². The number of para-hydroxylation sites is 2. The molecule has 2 rings (SSSR count). The Hall–Kier alpha value is -2.04. The highest BCUT2D eigenvalue weighted by atomic mass is 16.8. The summed E-state index contributed by atoms with van der Waals surface area (Å²) < 4.78 is 11.0. The van der Waals surface area contributed by atoms with E-state index in [1.807, 2.05) is 12.1 Å². The summed E-state index contributed by atoms with van der Waals surface area (Å²) in [7, 11) is 0. The van der Waals surface area contributed by atoms with Crippen molar-refractivity contribution >= 4 is 0 Å². The fourth-order valence-corrected chi connectivity index (χ4v) is 1.52. The van der Waals surface area contributed by atoms with E-state index in [2.05, 4.69) is 0 Å². The fourth-order valence-electron chi connectivity index (χ4n) is 1.52. The van der Waals surface area contributed by atoms with Crippen LogP contribution in [0.1, 0.15) is 6.92 Å². The van der Waals surface area contributed by atoms with Crippen LogP contribution in [-0.4, -0.2) is 17.1 Å². The highest BCUT2D eigenvalue weighted by Crippen LogP contribution is 2.23. The molecule has 0 amide bonds. The van der Waals surface area contributed by atoms with E-state index in [0.717, 1.165) is 0 Å². The summed E-state index contributed by atoms with van der Waals surface area (Å²) in [5.74, 6) is -0.945. The minimum Gasteiger partial charge on any atom is -0.429 e. The molecule has 0 heterocycles. The number of nitrogens with two attached hydrogens (primary N) is 1. The first kappa shape index (κ1) is 13.4. The molecule has 0 aliphatic rings. The van der Waals surface area contributed by atoms with Crippen LogP contribution in [0.25, 0.3) is 0 Å². The number of aliphatic hydroxyl groups is 1. The first-order chi connectivity index (χ1) is 9.10. The summed E-state index contributed by atoms with van der Waals surface area (Å²) in [4.78, 5) is 0. The van der Waals surface area contributed by atoms with Gasteiger partial charge in [0.2, 0.25) is 0 Å². The van der Waals surface area contributed by atoms with Crippen LogP contribution in [0.5, 0.6) is 11.5 Å². The van der Waals surface area contributed by atoms with Crippen LogP contribution in [0.15, 0.2) is 60.7 Å². The Morgan fingerprint density at radius 3 is 1.58 bits per heavy atom. The third-order valence-corrected chi connectivity index (χ3v) is 2.59. The number of hydrogen-bond acceptors (Lipinski definition) is 4. The van der Waals surface area contributed by atoms with E-state index in [1.54, 1.807) is 55.5 Å². The lowest BCUT2D eigenvalue weighted by Crippen LogP contribution is -2.55. The topological polar surface area (TPSA) is 64.7 Å². The van der Waals surface area contributed by atoms with Crippen molar-refractivity contribution in [2.75, 3.05) is 0 Å². The number of rotatable bonds is 5. The van der Waals surface area contributed by atoms with Crippen LogP contribution < -0.4 is 15.2 Å². The van der Waals surface area contributed by atoms with Crippen LogP contribution in [0.4, 0.5) is 0 Å². The van der Waals surface area contributed by atoms with Crippen molar-refractivity contribution in [2.45, 2.75) is 18.9 Å². The molecule has 1 atom stereocenters. The van der Waals surface area contributed by atoms with Gasteiger partial charge in [0.05, 0.1) is 0 Å². The monoisotopic (exact) mass is 259 g/mol. The average molecular weight is 259 g/mol. The van der Waals surface area contributed by atoms with Gasteiger partial charge in [0, 0.05) is 0 Å². The molecule has 0 saturated carbocycles. The first-order valence-electron chi connectivity index (χ1n) is 6.06. The van der Waals surface area contributed by atoms with E-state index in [-0.39, 0.29) is 0 Å². The molecule has 0 spiro atoms. The molecular formula is C15H17NO3. The smallest absolute Gasteiger partial charge is 0.385 e. The second kappa shape index (κ2) is 5.73. The molecule has 19 heavy (non-hydrogen) atoms. The zero-order valence-electron chi connectivity index (χ0n) is 10.7. The molecule has 4 heteroatoms. The Morgan fingerprint density at radius 1 is 0.895 bits per heavy atom. The fraction of sp³-hybridized carbons (Fsp3) is 0.200. The maximum atomic E-state index is 10.4. The van der Waals surface area contributed by atoms with Gasteiger partial charge in [-0.05, 0) is 31.2 Å².